The first-order valence-corrected chi connectivity index (χ1v) is 9.90. The van der Waals surface area contributed by atoms with Gasteiger partial charge in [0, 0.05) is 18.8 Å². The quantitative estimate of drug-likeness (QED) is 0.671. The SMILES string of the molecule is CC1=C(c2ccc(NC(=O)c3cccc(C)c3F)cc2)CN(c2nnn(CF)n2)CC1. The van der Waals surface area contributed by atoms with Gasteiger partial charge in [-0.25, -0.2) is 8.78 Å². The first-order chi connectivity index (χ1) is 15.0. The van der Waals surface area contributed by atoms with Gasteiger partial charge in [-0.2, -0.15) is 0 Å². The van der Waals surface area contributed by atoms with Crippen LogP contribution in [0.1, 0.15) is 34.8 Å². The van der Waals surface area contributed by atoms with Crippen LogP contribution in [0.15, 0.2) is 48.0 Å². The van der Waals surface area contributed by atoms with Crippen molar-refractivity contribution in [3.63, 3.8) is 0 Å². The molecule has 1 N–H and O–H groups in total. The summed E-state index contributed by atoms with van der Waals surface area (Å²) in [4.78, 5) is 15.3. The summed E-state index contributed by atoms with van der Waals surface area (Å²) < 4.78 is 26.9. The molecule has 0 aliphatic carbocycles. The van der Waals surface area contributed by atoms with Crippen LogP contribution in [-0.4, -0.2) is 39.2 Å². The zero-order chi connectivity index (χ0) is 22.0. The van der Waals surface area contributed by atoms with Crippen molar-refractivity contribution in [3.8, 4) is 0 Å². The number of rotatable bonds is 5. The number of nitrogens with zero attached hydrogens (tertiary/aromatic N) is 5. The predicted octanol–water partition coefficient (Wildman–Crippen LogP) is 3.98. The summed E-state index contributed by atoms with van der Waals surface area (Å²) in [5.41, 5.74) is 4.37. The third-order valence-corrected chi connectivity index (χ3v) is 5.38. The molecule has 2 aromatic carbocycles. The summed E-state index contributed by atoms with van der Waals surface area (Å²) >= 11 is 0. The Morgan fingerprint density at radius 2 is 1.94 bits per heavy atom. The summed E-state index contributed by atoms with van der Waals surface area (Å²) in [5.74, 6) is -0.611. The molecule has 0 spiro atoms. The van der Waals surface area contributed by atoms with E-state index in [1.807, 2.05) is 17.0 Å². The maximum atomic E-state index is 14.2. The third kappa shape index (κ3) is 4.30. The van der Waals surface area contributed by atoms with Gasteiger partial charge in [-0.15, -0.1) is 9.90 Å². The molecule has 31 heavy (non-hydrogen) atoms. The van der Waals surface area contributed by atoms with Gasteiger partial charge >= 0.3 is 0 Å². The number of halogens is 2. The topological polar surface area (TPSA) is 75.9 Å². The average molecular weight is 424 g/mol. The van der Waals surface area contributed by atoms with Crippen LogP contribution in [0, 0.1) is 12.7 Å². The Morgan fingerprint density at radius 1 is 1.16 bits per heavy atom. The van der Waals surface area contributed by atoms with E-state index in [9.17, 15) is 13.6 Å². The highest BCUT2D eigenvalue weighted by Gasteiger charge is 2.21. The number of alkyl halides is 1. The number of hydrogen-bond donors (Lipinski definition) is 1. The fourth-order valence-electron chi connectivity index (χ4n) is 3.55. The Bertz CT molecular complexity index is 1140. The van der Waals surface area contributed by atoms with Crippen molar-refractivity contribution < 1.29 is 13.6 Å². The molecule has 0 bridgehead atoms. The van der Waals surface area contributed by atoms with Crippen molar-refractivity contribution in [1.29, 1.82) is 0 Å². The molecular formula is C22H22F2N6O. The summed E-state index contributed by atoms with van der Waals surface area (Å²) in [6, 6.07) is 12.1. The number of anilines is 2. The van der Waals surface area contributed by atoms with Gasteiger partial charge in [0.05, 0.1) is 5.56 Å². The molecule has 0 saturated heterocycles. The Hall–Kier alpha value is -3.62. The molecule has 160 valence electrons. The van der Waals surface area contributed by atoms with Crippen molar-refractivity contribution in [2.75, 3.05) is 23.3 Å². The number of aromatic nitrogens is 4. The molecule has 0 fully saturated rings. The van der Waals surface area contributed by atoms with Crippen molar-refractivity contribution in [2.45, 2.75) is 27.1 Å². The van der Waals surface area contributed by atoms with Crippen molar-refractivity contribution in [3.05, 3.63) is 70.5 Å². The minimum atomic E-state index is -0.817. The Balaban J connectivity index is 1.49. The molecule has 3 aromatic rings. The van der Waals surface area contributed by atoms with Crippen LogP contribution in [-0.2, 0) is 6.80 Å². The second kappa shape index (κ2) is 8.63. The van der Waals surface area contributed by atoms with E-state index in [0.29, 0.717) is 23.7 Å². The van der Waals surface area contributed by atoms with E-state index < -0.39 is 18.5 Å². The van der Waals surface area contributed by atoms with Crippen LogP contribution in [0.4, 0.5) is 20.4 Å². The number of nitrogens with one attached hydrogen (secondary N) is 1. The number of tetrazole rings is 1. The molecule has 4 rings (SSSR count). The molecule has 9 heteroatoms. The maximum Gasteiger partial charge on any atom is 0.266 e. The zero-order valence-corrected chi connectivity index (χ0v) is 17.3. The summed E-state index contributed by atoms with van der Waals surface area (Å²) in [6.07, 6.45) is 0.824. The highest BCUT2D eigenvalue weighted by Crippen LogP contribution is 2.29. The lowest BCUT2D eigenvalue weighted by atomic mass is 9.95. The monoisotopic (exact) mass is 424 g/mol. The van der Waals surface area contributed by atoms with Crippen LogP contribution in [0.25, 0.3) is 5.57 Å². The molecule has 0 radical (unpaired) electrons. The molecule has 0 unspecified atom stereocenters. The average Bonchev–Trinajstić information content (AvgIpc) is 3.26. The number of aryl methyl sites for hydroxylation is 1. The van der Waals surface area contributed by atoms with Crippen molar-refractivity contribution >= 4 is 23.1 Å². The molecular weight excluding hydrogens is 402 g/mol. The Labute approximate surface area is 178 Å². The zero-order valence-electron chi connectivity index (χ0n) is 17.3. The smallest absolute Gasteiger partial charge is 0.266 e. The highest BCUT2D eigenvalue weighted by molar-refractivity contribution is 6.04. The highest BCUT2D eigenvalue weighted by atomic mass is 19.1. The van der Waals surface area contributed by atoms with Crippen LogP contribution in [0.2, 0.25) is 0 Å². The number of benzene rings is 2. The molecule has 1 aromatic heterocycles. The van der Waals surface area contributed by atoms with E-state index in [1.165, 1.54) is 11.6 Å². The van der Waals surface area contributed by atoms with E-state index in [0.717, 1.165) is 28.9 Å². The van der Waals surface area contributed by atoms with Crippen molar-refractivity contribution in [2.24, 2.45) is 0 Å². The lowest BCUT2D eigenvalue weighted by Gasteiger charge is -2.29. The van der Waals surface area contributed by atoms with Gasteiger partial charge in [-0.1, -0.05) is 34.9 Å². The van der Waals surface area contributed by atoms with E-state index in [1.54, 1.807) is 31.2 Å². The number of amides is 1. The molecule has 1 amide bonds. The fraction of sp³-hybridized carbons (Fsp3) is 0.273. The van der Waals surface area contributed by atoms with Gasteiger partial charge in [-0.05, 0) is 60.4 Å². The summed E-state index contributed by atoms with van der Waals surface area (Å²) in [6.45, 7) is 4.18. The lowest BCUT2D eigenvalue weighted by Crippen LogP contribution is -2.31. The van der Waals surface area contributed by atoms with Gasteiger partial charge in [0.15, 0.2) is 0 Å². The van der Waals surface area contributed by atoms with Crippen LogP contribution in [0.3, 0.4) is 0 Å². The van der Waals surface area contributed by atoms with Crippen LogP contribution >= 0.6 is 0 Å². The van der Waals surface area contributed by atoms with Gasteiger partial charge in [-0.3, -0.25) is 4.79 Å². The van der Waals surface area contributed by atoms with Crippen LogP contribution < -0.4 is 10.2 Å². The fourth-order valence-corrected chi connectivity index (χ4v) is 3.55. The largest absolute Gasteiger partial charge is 0.334 e. The molecule has 1 aliphatic heterocycles. The van der Waals surface area contributed by atoms with E-state index in [2.05, 4.69) is 27.7 Å². The predicted molar refractivity (Wildman–Crippen MR) is 114 cm³/mol. The third-order valence-electron chi connectivity index (χ3n) is 5.38. The van der Waals surface area contributed by atoms with Gasteiger partial charge in [0.1, 0.15) is 5.82 Å². The molecule has 1 aliphatic rings. The molecule has 2 heterocycles. The molecule has 0 saturated carbocycles. The first-order valence-electron chi connectivity index (χ1n) is 9.90. The lowest BCUT2D eigenvalue weighted by molar-refractivity contribution is 0.102. The van der Waals surface area contributed by atoms with E-state index >= 15 is 0 Å². The molecule has 0 atom stereocenters. The van der Waals surface area contributed by atoms with Crippen LogP contribution in [0.5, 0.6) is 0 Å². The number of carbonyl (C=O) groups excluding carboxylic acids is 1. The Kier molecular flexibility index (Phi) is 5.75. The van der Waals surface area contributed by atoms with E-state index in [-0.39, 0.29) is 5.56 Å². The summed E-state index contributed by atoms with van der Waals surface area (Å²) in [7, 11) is 0. The van der Waals surface area contributed by atoms with E-state index in [4.69, 9.17) is 0 Å². The normalized spacial score (nSPS) is 14.1. The minimum absolute atomic E-state index is 0.0133. The summed E-state index contributed by atoms with van der Waals surface area (Å²) in [5, 5.41) is 14.4. The standard InChI is InChI=1S/C22H22F2N6O/c1-14-10-11-29(22-26-28-30(13-23)27-22)12-19(14)16-6-8-17(9-7-16)25-21(31)18-5-3-4-15(2)20(18)24/h3-9H,10-13H2,1-2H3,(H,25,31). The number of hydrogen-bond acceptors (Lipinski definition) is 5. The van der Waals surface area contributed by atoms with Gasteiger partial charge < -0.3 is 10.2 Å². The van der Waals surface area contributed by atoms with Crippen molar-refractivity contribution in [1.82, 2.24) is 20.2 Å². The van der Waals surface area contributed by atoms with Gasteiger partial charge in [0.2, 0.25) is 6.80 Å². The second-order valence-electron chi connectivity index (χ2n) is 7.48. The number of carbonyl (C=O) groups is 1. The Morgan fingerprint density at radius 3 is 2.65 bits per heavy atom. The van der Waals surface area contributed by atoms with Gasteiger partial charge in [0.25, 0.3) is 11.9 Å². The first kappa shape index (κ1) is 20.6. The molecule has 7 nitrogen and oxygen atoms in total. The second-order valence-corrected chi connectivity index (χ2v) is 7.48. The minimum Gasteiger partial charge on any atom is -0.334 e. The maximum absolute atomic E-state index is 14.2.